The third kappa shape index (κ3) is 3.34. The molecular weight excluding hydrogens is 388 g/mol. The zero-order valence-electron chi connectivity index (χ0n) is 13.5. The van der Waals surface area contributed by atoms with Crippen LogP contribution in [0.25, 0.3) is 5.65 Å². The standard InChI is InChI=1S/C17H15BrN4O3/c1-10-15(22-9-12(18)6-7-14(22)20-10)17(24)21-19-8-11-4-3-5-13(25-2)16(11)23/h3-9,23H,1-2H3,(H,21,24)/b19-8-. The molecule has 0 bridgehead atoms. The van der Waals surface area contributed by atoms with Crippen LogP contribution in [0, 0.1) is 6.92 Å². The zero-order chi connectivity index (χ0) is 18.0. The molecule has 0 aliphatic heterocycles. The number of carbonyl (C=O) groups excluding carboxylic acids is 1. The SMILES string of the molecule is COc1cccc(/C=N\NC(=O)c2c(C)nc3ccc(Br)cn23)c1O. The van der Waals surface area contributed by atoms with Gasteiger partial charge in [0.1, 0.15) is 11.3 Å². The maximum absolute atomic E-state index is 12.5. The van der Waals surface area contributed by atoms with Crippen molar-refractivity contribution in [3.63, 3.8) is 0 Å². The van der Waals surface area contributed by atoms with Gasteiger partial charge < -0.3 is 9.84 Å². The molecule has 2 N–H and O–H groups in total. The predicted molar refractivity (Wildman–Crippen MR) is 97.3 cm³/mol. The number of benzene rings is 1. The van der Waals surface area contributed by atoms with Crippen LogP contribution in [0.5, 0.6) is 11.5 Å². The lowest BCUT2D eigenvalue weighted by Gasteiger charge is -2.05. The first-order valence-corrected chi connectivity index (χ1v) is 8.14. The second kappa shape index (κ2) is 6.94. The molecule has 0 spiro atoms. The number of nitrogens with zero attached hydrogens (tertiary/aromatic N) is 3. The number of nitrogens with one attached hydrogen (secondary N) is 1. The Balaban J connectivity index is 1.84. The normalized spacial score (nSPS) is 11.2. The van der Waals surface area contributed by atoms with Crippen molar-refractivity contribution in [2.24, 2.45) is 5.10 Å². The van der Waals surface area contributed by atoms with Gasteiger partial charge in [0.2, 0.25) is 0 Å². The van der Waals surface area contributed by atoms with E-state index in [9.17, 15) is 9.90 Å². The fraction of sp³-hybridized carbons (Fsp3) is 0.118. The molecule has 2 aromatic heterocycles. The summed E-state index contributed by atoms with van der Waals surface area (Å²) in [7, 11) is 1.46. The van der Waals surface area contributed by atoms with E-state index in [0.717, 1.165) is 4.47 Å². The highest BCUT2D eigenvalue weighted by atomic mass is 79.9. The summed E-state index contributed by atoms with van der Waals surface area (Å²) in [5, 5.41) is 13.9. The third-order valence-electron chi connectivity index (χ3n) is 3.59. The Bertz CT molecular complexity index is 981. The number of aromatic hydroxyl groups is 1. The van der Waals surface area contributed by atoms with Gasteiger partial charge in [0.25, 0.3) is 5.91 Å². The molecule has 25 heavy (non-hydrogen) atoms. The molecule has 0 saturated heterocycles. The molecule has 0 radical (unpaired) electrons. The molecule has 1 aromatic carbocycles. The monoisotopic (exact) mass is 402 g/mol. The highest BCUT2D eigenvalue weighted by Gasteiger charge is 2.16. The number of amides is 1. The summed E-state index contributed by atoms with van der Waals surface area (Å²) in [4.78, 5) is 16.8. The van der Waals surface area contributed by atoms with Crippen molar-refractivity contribution in [1.82, 2.24) is 14.8 Å². The van der Waals surface area contributed by atoms with Crippen LogP contribution in [0.1, 0.15) is 21.7 Å². The van der Waals surface area contributed by atoms with Gasteiger partial charge in [0, 0.05) is 16.2 Å². The van der Waals surface area contributed by atoms with Crippen LogP contribution in [0.4, 0.5) is 0 Å². The first-order chi connectivity index (χ1) is 12.0. The molecule has 0 saturated carbocycles. The number of ether oxygens (including phenoxy) is 1. The fourth-order valence-corrected chi connectivity index (χ4v) is 2.77. The Morgan fingerprint density at radius 3 is 2.96 bits per heavy atom. The summed E-state index contributed by atoms with van der Waals surface area (Å²) in [6.45, 7) is 1.76. The number of carbonyl (C=O) groups is 1. The van der Waals surface area contributed by atoms with E-state index < -0.39 is 5.91 Å². The molecule has 7 nitrogen and oxygen atoms in total. The van der Waals surface area contributed by atoms with Crippen molar-refractivity contribution in [3.8, 4) is 11.5 Å². The fourth-order valence-electron chi connectivity index (χ4n) is 2.43. The Morgan fingerprint density at radius 1 is 1.40 bits per heavy atom. The van der Waals surface area contributed by atoms with E-state index in [1.165, 1.54) is 13.3 Å². The van der Waals surface area contributed by atoms with Gasteiger partial charge in [-0.15, -0.1) is 0 Å². The Morgan fingerprint density at radius 2 is 2.20 bits per heavy atom. The minimum absolute atomic E-state index is 0.0436. The number of aromatic nitrogens is 2. The second-order valence-corrected chi connectivity index (χ2v) is 6.13. The van der Waals surface area contributed by atoms with E-state index >= 15 is 0 Å². The minimum atomic E-state index is -0.401. The van der Waals surface area contributed by atoms with Crippen molar-refractivity contribution in [2.75, 3.05) is 7.11 Å². The zero-order valence-corrected chi connectivity index (χ0v) is 15.1. The van der Waals surface area contributed by atoms with E-state index in [4.69, 9.17) is 4.74 Å². The van der Waals surface area contributed by atoms with Crippen molar-refractivity contribution < 1.29 is 14.6 Å². The number of hydrazone groups is 1. The predicted octanol–water partition coefficient (Wildman–Crippen LogP) is 2.88. The number of halogens is 1. The van der Waals surface area contributed by atoms with Gasteiger partial charge in [-0.2, -0.15) is 5.10 Å². The van der Waals surface area contributed by atoms with Crippen molar-refractivity contribution in [1.29, 1.82) is 0 Å². The molecule has 128 valence electrons. The van der Waals surface area contributed by atoms with E-state index in [1.807, 2.05) is 12.1 Å². The van der Waals surface area contributed by atoms with Crippen LogP contribution in [-0.2, 0) is 0 Å². The molecule has 8 heteroatoms. The molecule has 0 aliphatic rings. The number of methoxy groups -OCH3 is 1. The summed E-state index contributed by atoms with van der Waals surface area (Å²) in [6.07, 6.45) is 3.12. The van der Waals surface area contributed by atoms with Crippen LogP contribution >= 0.6 is 15.9 Å². The van der Waals surface area contributed by atoms with E-state index in [-0.39, 0.29) is 5.75 Å². The van der Waals surface area contributed by atoms with Gasteiger partial charge >= 0.3 is 0 Å². The molecule has 0 aliphatic carbocycles. The number of fused-ring (bicyclic) bond motifs is 1. The second-order valence-electron chi connectivity index (χ2n) is 5.22. The van der Waals surface area contributed by atoms with Crippen LogP contribution in [0.2, 0.25) is 0 Å². The summed E-state index contributed by atoms with van der Waals surface area (Å²) >= 11 is 3.38. The summed E-state index contributed by atoms with van der Waals surface area (Å²) in [6, 6.07) is 8.67. The lowest BCUT2D eigenvalue weighted by molar-refractivity contribution is 0.0948. The summed E-state index contributed by atoms with van der Waals surface area (Å²) in [5.41, 5.74) is 4.53. The molecule has 1 amide bonds. The molecule has 0 atom stereocenters. The van der Waals surface area contributed by atoms with Gasteiger partial charge in [-0.05, 0) is 47.1 Å². The average molecular weight is 403 g/mol. The summed E-state index contributed by atoms with van der Waals surface area (Å²) in [5.74, 6) is -0.114. The molecule has 0 fully saturated rings. The number of hydrogen-bond donors (Lipinski definition) is 2. The number of aryl methyl sites for hydroxylation is 1. The highest BCUT2D eigenvalue weighted by Crippen LogP contribution is 2.27. The number of rotatable bonds is 4. The molecule has 2 heterocycles. The van der Waals surface area contributed by atoms with Gasteiger partial charge in [0.05, 0.1) is 19.0 Å². The maximum atomic E-state index is 12.5. The average Bonchev–Trinajstić information content (AvgIpc) is 2.91. The van der Waals surface area contributed by atoms with Crippen molar-refractivity contribution in [3.05, 3.63) is 58.0 Å². The Kier molecular flexibility index (Phi) is 4.71. The van der Waals surface area contributed by atoms with Crippen molar-refractivity contribution in [2.45, 2.75) is 6.92 Å². The molecule has 3 rings (SSSR count). The quantitative estimate of drug-likeness (QED) is 0.518. The molecule has 0 unspecified atom stereocenters. The van der Waals surface area contributed by atoms with Gasteiger partial charge in [-0.1, -0.05) is 6.07 Å². The number of para-hydroxylation sites is 1. The Labute approximate surface area is 152 Å². The van der Waals surface area contributed by atoms with E-state index in [1.54, 1.807) is 35.7 Å². The lowest BCUT2D eigenvalue weighted by atomic mass is 10.2. The Hall–Kier alpha value is -2.87. The molecular formula is C17H15BrN4O3. The number of imidazole rings is 1. The van der Waals surface area contributed by atoms with Gasteiger partial charge in [-0.25, -0.2) is 10.4 Å². The number of pyridine rings is 1. The number of hydrogen-bond acceptors (Lipinski definition) is 5. The first kappa shape index (κ1) is 17.0. The van der Waals surface area contributed by atoms with E-state index in [2.05, 4.69) is 31.4 Å². The van der Waals surface area contributed by atoms with Gasteiger partial charge in [-0.3, -0.25) is 9.20 Å². The van der Waals surface area contributed by atoms with Gasteiger partial charge in [0.15, 0.2) is 11.5 Å². The van der Waals surface area contributed by atoms with Crippen LogP contribution in [-0.4, -0.2) is 33.7 Å². The lowest BCUT2D eigenvalue weighted by Crippen LogP contribution is -2.20. The first-order valence-electron chi connectivity index (χ1n) is 7.35. The molecule has 3 aromatic rings. The third-order valence-corrected chi connectivity index (χ3v) is 4.06. The number of phenolic OH excluding ortho intramolecular Hbond substituents is 1. The maximum Gasteiger partial charge on any atom is 0.290 e. The van der Waals surface area contributed by atoms with E-state index in [0.29, 0.717) is 28.3 Å². The minimum Gasteiger partial charge on any atom is -0.504 e. The number of phenols is 1. The van der Waals surface area contributed by atoms with Crippen LogP contribution < -0.4 is 10.2 Å². The van der Waals surface area contributed by atoms with Crippen LogP contribution in [0.3, 0.4) is 0 Å². The van der Waals surface area contributed by atoms with Crippen LogP contribution in [0.15, 0.2) is 46.1 Å². The van der Waals surface area contributed by atoms with Crippen molar-refractivity contribution >= 4 is 33.7 Å². The highest BCUT2D eigenvalue weighted by molar-refractivity contribution is 9.10. The topological polar surface area (TPSA) is 88.2 Å². The largest absolute Gasteiger partial charge is 0.504 e. The summed E-state index contributed by atoms with van der Waals surface area (Å²) < 4.78 is 7.55. The smallest absolute Gasteiger partial charge is 0.290 e.